The highest BCUT2D eigenvalue weighted by Gasteiger charge is 2.29. The summed E-state index contributed by atoms with van der Waals surface area (Å²) in [4.78, 5) is 13.6. The molecule has 0 radical (unpaired) electrons. The second-order valence-corrected chi connectivity index (χ2v) is 5.46. The molecule has 2 heterocycles. The zero-order valence-electron chi connectivity index (χ0n) is 12.0. The molecule has 1 unspecified atom stereocenters. The highest BCUT2D eigenvalue weighted by atomic mass is 16.5. The Kier molecular flexibility index (Phi) is 3.75. The van der Waals surface area contributed by atoms with Crippen LogP contribution < -0.4 is 0 Å². The summed E-state index contributed by atoms with van der Waals surface area (Å²) in [6, 6.07) is 9.32. The van der Waals surface area contributed by atoms with Crippen molar-refractivity contribution in [1.29, 1.82) is 0 Å². The Bertz CT molecular complexity index is 650. The van der Waals surface area contributed by atoms with Gasteiger partial charge in [-0.3, -0.25) is 4.90 Å². The van der Waals surface area contributed by atoms with Crippen molar-refractivity contribution in [3.05, 3.63) is 52.9 Å². The van der Waals surface area contributed by atoms with Gasteiger partial charge >= 0.3 is 5.97 Å². The number of carbonyl (C=O) groups is 1. The van der Waals surface area contributed by atoms with Gasteiger partial charge in [-0.1, -0.05) is 23.4 Å². The van der Waals surface area contributed by atoms with E-state index in [9.17, 15) is 9.90 Å². The van der Waals surface area contributed by atoms with Crippen molar-refractivity contribution >= 4 is 5.97 Å². The fraction of sp³-hybridized carbons (Fsp3) is 0.375. The number of benzene rings is 1. The molecule has 1 aromatic carbocycles. The predicted molar refractivity (Wildman–Crippen MR) is 77.0 cm³/mol. The average molecular weight is 286 g/mol. The molecule has 2 aromatic rings. The third-order valence-electron chi connectivity index (χ3n) is 3.96. The average Bonchev–Trinajstić information content (AvgIpc) is 3.08. The lowest BCUT2D eigenvalue weighted by Crippen LogP contribution is -2.23. The van der Waals surface area contributed by atoms with E-state index in [0.717, 1.165) is 36.4 Å². The van der Waals surface area contributed by atoms with Crippen molar-refractivity contribution in [2.45, 2.75) is 32.4 Å². The van der Waals surface area contributed by atoms with E-state index in [2.05, 4.69) is 10.1 Å². The van der Waals surface area contributed by atoms with Gasteiger partial charge in [0.15, 0.2) is 5.76 Å². The molecule has 0 aliphatic carbocycles. The minimum atomic E-state index is -0.878. The van der Waals surface area contributed by atoms with Gasteiger partial charge in [-0.05, 0) is 37.9 Å². The normalized spacial score (nSPS) is 19.0. The Morgan fingerprint density at radius 1 is 1.48 bits per heavy atom. The lowest BCUT2D eigenvalue weighted by atomic mass is 10.1. The van der Waals surface area contributed by atoms with E-state index in [0.29, 0.717) is 12.1 Å². The van der Waals surface area contributed by atoms with Gasteiger partial charge in [-0.25, -0.2) is 4.79 Å². The van der Waals surface area contributed by atoms with Crippen molar-refractivity contribution in [1.82, 2.24) is 10.1 Å². The number of hydrogen-bond donors (Lipinski definition) is 1. The van der Waals surface area contributed by atoms with E-state index in [1.807, 2.05) is 25.1 Å². The van der Waals surface area contributed by atoms with Crippen molar-refractivity contribution in [2.24, 2.45) is 0 Å². The van der Waals surface area contributed by atoms with Crippen LogP contribution in [0.15, 0.2) is 34.9 Å². The molecular formula is C16H18N2O3. The van der Waals surface area contributed by atoms with Gasteiger partial charge in [0.05, 0.1) is 17.3 Å². The summed E-state index contributed by atoms with van der Waals surface area (Å²) in [5, 5.41) is 13.2. The summed E-state index contributed by atoms with van der Waals surface area (Å²) in [6.45, 7) is 3.47. The lowest BCUT2D eigenvalue weighted by molar-refractivity contribution is 0.0694. The molecule has 5 nitrogen and oxygen atoms in total. The van der Waals surface area contributed by atoms with Crippen LogP contribution in [0.5, 0.6) is 0 Å². The van der Waals surface area contributed by atoms with Crippen LogP contribution in [0.3, 0.4) is 0 Å². The van der Waals surface area contributed by atoms with Crippen LogP contribution in [-0.4, -0.2) is 27.7 Å². The molecule has 1 aromatic heterocycles. The fourth-order valence-corrected chi connectivity index (χ4v) is 2.96. The maximum atomic E-state index is 11.3. The Morgan fingerprint density at radius 3 is 3.00 bits per heavy atom. The number of aryl methyl sites for hydroxylation is 1. The minimum Gasteiger partial charge on any atom is -0.478 e. The summed E-state index contributed by atoms with van der Waals surface area (Å²) >= 11 is 0. The monoisotopic (exact) mass is 286 g/mol. The zero-order valence-corrected chi connectivity index (χ0v) is 12.0. The molecule has 1 saturated heterocycles. The van der Waals surface area contributed by atoms with Crippen molar-refractivity contribution in [2.75, 3.05) is 6.54 Å². The van der Waals surface area contributed by atoms with E-state index in [-0.39, 0.29) is 6.04 Å². The molecule has 1 aliphatic heterocycles. The van der Waals surface area contributed by atoms with Crippen LogP contribution in [0.4, 0.5) is 0 Å². The fourth-order valence-electron chi connectivity index (χ4n) is 2.96. The minimum absolute atomic E-state index is 0.188. The summed E-state index contributed by atoms with van der Waals surface area (Å²) < 4.78 is 5.39. The van der Waals surface area contributed by atoms with E-state index in [1.54, 1.807) is 12.1 Å². The first-order valence-corrected chi connectivity index (χ1v) is 7.13. The zero-order chi connectivity index (χ0) is 14.8. The maximum Gasteiger partial charge on any atom is 0.336 e. The Labute approximate surface area is 123 Å². The van der Waals surface area contributed by atoms with E-state index < -0.39 is 5.97 Å². The Hall–Kier alpha value is -2.14. The Balaban J connectivity index is 1.82. The second kappa shape index (κ2) is 5.69. The molecule has 0 bridgehead atoms. The van der Waals surface area contributed by atoms with Crippen molar-refractivity contribution in [3.63, 3.8) is 0 Å². The number of aromatic carboxylic acids is 1. The van der Waals surface area contributed by atoms with Crippen molar-refractivity contribution in [3.8, 4) is 0 Å². The van der Waals surface area contributed by atoms with Crippen LogP contribution in [0, 0.1) is 6.92 Å². The molecule has 110 valence electrons. The maximum absolute atomic E-state index is 11.3. The van der Waals surface area contributed by atoms with Crippen molar-refractivity contribution < 1.29 is 14.4 Å². The van der Waals surface area contributed by atoms with Crippen LogP contribution in [0.2, 0.25) is 0 Å². The summed E-state index contributed by atoms with van der Waals surface area (Å²) in [5.74, 6) is -0.00494. The van der Waals surface area contributed by atoms with Gasteiger partial charge in [0.25, 0.3) is 0 Å². The highest BCUT2D eigenvalue weighted by molar-refractivity contribution is 5.89. The first-order chi connectivity index (χ1) is 10.1. The summed E-state index contributed by atoms with van der Waals surface area (Å²) in [6.07, 6.45) is 2.10. The third-order valence-corrected chi connectivity index (χ3v) is 3.96. The molecular weight excluding hydrogens is 268 g/mol. The topological polar surface area (TPSA) is 66.6 Å². The van der Waals surface area contributed by atoms with Crippen LogP contribution >= 0.6 is 0 Å². The molecule has 1 aliphatic rings. The molecule has 0 saturated carbocycles. The predicted octanol–water partition coefficient (Wildman–Crippen LogP) is 3.02. The first kappa shape index (κ1) is 13.8. The lowest BCUT2D eigenvalue weighted by Gasteiger charge is -2.23. The number of aromatic nitrogens is 1. The smallest absolute Gasteiger partial charge is 0.336 e. The first-order valence-electron chi connectivity index (χ1n) is 7.13. The van der Waals surface area contributed by atoms with E-state index in [4.69, 9.17) is 4.52 Å². The number of carboxylic acid groups (broad SMARTS) is 1. The second-order valence-electron chi connectivity index (χ2n) is 5.46. The largest absolute Gasteiger partial charge is 0.478 e. The number of nitrogens with zero attached hydrogens (tertiary/aromatic N) is 2. The number of hydrogen-bond acceptors (Lipinski definition) is 4. The van der Waals surface area contributed by atoms with Gasteiger partial charge < -0.3 is 9.63 Å². The molecule has 3 rings (SSSR count). The molecule has 1 fully saturated rings. The third kappa shape index (κ3) is 2.83. The van der Waals surface area contributed by atoms with E-state index in [1.165, 1.54) is 0 Å². The van der Waals surface area contributed by atoms with Crippen LogP contribution in [-0.2, 0) is 6.54 Å². The van der Waals surface area contributed by atoms with Crippen LogP contribution in [0.1, 0.15) is 46.3 Å². The standard InChI is InChI=1S/C16H18N2O3/c1-11-9-15(21-17-11)14-7-4-8-18(14)10-12-5-2-3-6-13(12)16(19)20/h2-3,5-6,9,14H,4,7-8,10H2,1H3,(H,19,20). The molecule has 5 heteroatoms. The van der Waals surface area contributed by atoms with E-state index >= 15 is 0 Å². The quantitative estimate of drug-likeness (QED) is 0.935. The summed E-state index contributed by atoms with van der Waals surface area (Å²) in [7, 11) is 0. The number of carboxylic acids is 1. The molecule has 0 spiro atoms. The van der Waals surface area contributed by atoms with Crippen LogP contribution in [0.25, 0.3) is 0 Å². The number of rotatable bonds is 4. The van der Waals surface area contributed by atoms with Gasteiger partial charge in [0.1, 0.15) is 0 Å². The molecule has 21 heavy (non-hydrogen) atoms. The molecule has 1 atom stereocenters. The molecule has 1 N–H and O–H groups in total. The van der Waals surface area contributed by atoms with Gasteiger partial charge in [0, 0.05) is 12.6 Å². The van der Waals surface area contributed by atoms with Gasteiger partial charge in [-0.15, -0.1) is 0 Å². The Morgan fingerprint density at radius 2 is 2.29 bits per heavy atom. The number of likely N-dealkylation sites (tertiary alicyclic amines) is 1. The summed E-state index contributed by atoms with van der Waals surface area (Å²) in [5.41, 5.74) is 2.09. The molecule has 0 amide bonds. The SMILES string of the molecule is Cc1cc(C2CCCN2Cc2ccccc2C(=O)O)on1. The highest BCUT2D eigenvalue weighted by Crippen LogP contribution is 2.33. The van der Waals surface area contributed by atoms with Gasteiger partial charge in [0.2, 0.25) is 0 Å². The van der Waals surface area contributed by atoms with Gasteiger partial charge in [-0.2, -0.15) is 0 Å².